The summed E-state index contributed by atoms with van der Waals surface area (Å²) in [6.45, 7) is 3.03. The molecule has 186 valence electrons. The fraction of sp³-hybridized carbons (Fsp3) is 0.304. The number of sulfonamides is 1. The van der Waals surface area contributed by atoms with Crippen LogP contribution in [0.4, 0.5) is 34.5 Å². The van der Waals surface area contributed by atoms with Crippen LogP contribution in [-0.2, 0) is 14.8 Å². The van der Waals surface area contributed by atoms with Crippen LogP contribution in [0.15, 0.2) is 48.7 Å². The van der Waals surface area contributed by atoms with Gasteiger partial charge in [0, 0.05) is 24.8 Å². The minimum Gasteiger partial charge on any atom is -0.494 e. The number of nitrogens with one attached hydrogen (secondary N) is 3. The fourth-order valence-electron chi connectivity index (χ4n) is 3.60. The Morgan fingerprint density at radius 3 is 2.34 bits per heavy atom. The first-order chi connectivity index (χ1) is 16.9. The molecule has 1 aliphatic rings. The molecule has 4 rings (SSSR count). The van der Waals surface area contributed by atoms with Crippen LogP contribution in [0, 0.1) is 0 Å². The van der Waals surface area contributed by atoms with E-state index in [2.05, 4.69) is 30.2 Å². The Morgan fingerprint density at radius 1 is 0.943 bits per heavy atom. The molecule has 3 aromatic rings. The van der Waals surface area contributed by atoms with Crippen LogP contribution in [0.25, 0.3) is 0 Å². The Bertz CT molecular complexity index is 1280. The van der Waals surface area contributed by atoms with Crippen molar-refractivity contribution >= 4 is 44.5 Å². The lowest BCUT2D eigenvalue weighted by atomic mass is 10.2. The molecule has 0 unspecified atom stereocenters. The number of hydrogen-bond donors (Lipinski definition) is 3. The SMILES string of the molecule is COc1cc(N2CCOCC2)ccc1Nc1ncc(OC)c(Nc2ccccc2NS(C)(=O)=O)n1. The molecule has 12 heteroatoms. The topological polar surface area (TPSA) is 127 Å². The summed E-state index contributed by atoms with van der Waals surface area (Å²) in [5.74, 6) is 1.70. The number of methoxy groups -OCH3 is 2. The molecule has 0 saturated carbocycles. The number of hydrogen-bond acceptors (Lipinski definition) is 10. The van der Waals surface area contributed by atoms with Gasteiger partial charge in [0.1, 0.15) is 5.75 Å². The summed E-state index contributed by atoms with van der Waals surface area (Å²) >= 11 is 0. The van der Waals surface area contributed by atoms with Gasteiger partial charge in [-0.15, -0.1) is 0 Å². The van der Waals surface area contributed by atoms with Crippen LogP contribution in [0.3, 0.4) is 0 Å². The van der Waals surface area contributed by atoms with Crippen molar-refractivity contribution < 1.29 is 22.6 Å². The number of morpholine rings is 1. The van der Waals surface area contributed by atoms with Crippen molar-refractivity contribution in [3.63, 3.8) is 0 Å². The number of para-hydroxylation sites is 2. The minimum atomic E-state index is -3.47. The zero-order valence-electron chi connectivity index (χ0n) is 19.7. The monoisotopic (exact) mass is 500 g/mol. The first kappa shape index (κ1) is 24.4. The summed E-state index contributed by atoms with van der Waals surface area (Å²) in [5.41, 5.74) is 2.63. The summed E-state index contributed by atoms with van der Waals surface area (Å²) < 4.78 is 42.4. The van der Waals surface area contributed by atoms with E-state index < -0.39 is 10.0 Å². The molecule has 0 bridgehead atoms. The Balaban J connectivity index is 1.59. The summed E-state index contributed by atoms with van der Waals surface area (Å²) in [5, 5.41) is 6.32. The van der Waals surface area contributed by atoms with Crippen molar-refractivity contribution in [2.45, 2.75) is 0 Å². The predicted octanol–water partition coefficient (Wildman–Crippen LogP) is 3.19. The van der Waals surface area contributed by atoms with Crippen LogP contribution in [-0.4, -0.2) is 65.2 Å². The van der Waals surface area contributed by atoms with Gasteiger partial charge in [-0.1, -0.05) is 12.1 Å². The zero-order chi connectivity index (χ0) is 24.8. The van der Waals surface area contributed by atoms with Crippen LogP contribution in [0.5, 0.6) is 11.5 Å². The van der Waals surface area contributed by atoms with Gasteiger partial charge in [-0.25, -0.2) is 13.4 Å². The van der Waals surface area contributed by atoms with Gasteiger partial charge in [-0.2, -0.15) is 4.98 Å². The Hall–Kier alpha value is -3.77. The highest BCUT2D eigenvalue weighted by Crippen LogP contribution is 2.34. The second-order valence-corrected chi connectivity index (χ2v) is 9.51. The minimum absolute atomic E-state index is 0.305. The van der Waals surface area contributed by atoms with Gasteiger partial charge in [0.25, 0.3) is 0 Å². The number of rotatable bonds is 9. The molecule has 0 amide bonds. The largest absolute Gasteiger partial charge is 0.494 e. The molecule has 1 saturated heterocycles. The zero-order valence-corrected chi connectivity index (χ0v) is 20.6. The highest BCUT2D eigenvalue weighted by molar-refractivity contribution is 7.92. The maximum absolute atomic E-state index is 11.8. The molecule has 2 aromatic carbocycles. The van der Waals surface area contributed by atoms with Gasteiger partial charge < -0.3 is 29.7 Å². The average Bonchev–Trinajstić information content (AvgIpc) is 2.85. The molecule has 3 N–H and O–H groups in total. The van der Waals surface area contributed by atoms with E-state index in [0.717, 1.165) is 25.0 Å². The van der Waals surface area contributed by atoms with Gasteiger partial charge in [0.05, 0.1) is 56.9 Å². The van der Waals surface area contributed by atoms with Gasteiger partial charge in [-0.05, 0) is 24.3 Å². The van der Waals surface area contributed by atoms with E-state index in [0.29, 0.717) is 53.5 Å². The van der Waals surface area contributed by atoms with Crippen molar-refractivity contribution in [1.82, 2.24) is 9.97 Å². The molecule has 1 fully saturated rings. The lowest BCUT2D eigenvalue weighted by molar-refractivity contribution is 0.122. The Kier molecular flexibility index (Phi) is 7.42. The Morgan fingerprint density at radius 2 is 1.66 bits per heavy atom. The summed E-state index contributed by atoms with van der Waals surface area (Å²) in [7, 11) is -0.353. The number of nitrogens with zero attached hydrogens (tertiary/aromatic N) is 3. The normalized spacial score (nSPS) is 13.7. The molecule has 11 nitrogen and oxygen atoms in total. The Labute approximate surface area is 204 Å². The van der Waals surface area contributed by atoms with Crippen LogP contribution in [0.1, 0.15) is 0 Å². The fourth-order valence-corrected chi connectivity index (χ4v) is 4.18. The van der Waals surface area contributed by atoms with Crippen molar-refractivity contribution in [3.05, 3.63) is 48.7 Å². The molecule has 35 heavy (non-hydrogen) atoms. The highest BCUT2D eigenvalue weighted by Gasteiger charge is 2.16. The van der Waals surface area contributed by atoms with Crippen molar-refractivity contribution in [1.29, 1.82) is 0 Å². The summed E-state index contributed by atoms with van der Waals surface area (Å²) in [6, 6.07) is 12.8. The van der Waals surface area contributed by atoms with E-state index >= 15 is 0 Å². The maximum Gasteiger partial charge on any atom is 0.229 e. The summed E-state index contributed by atoms with van der Waals surface area (Å²) in [4.78, 5) is 11.1. The van der Waals surface area contributed by atoms with E-state index in [-0.39, 0.29) is 0 Å². The number of ether oxygens (including phenoxy) is 3. The quantitative estimate of drug-likeness (QED) is 0.403. The smallest absolute Gasteiger partial charge is 0.229 e. The molecular weight excluding hydrogens is 472 g/mol. The second-order valence-electron chi connectivity index (χ2n) is 7.76. The van der Waals surface area contributed by atoms with Crippen LogP contribution in [0.2, 0.25) is 0 Å². The molecular formula is C23H28N6O5S. The lowest BCUT2D eigenvalue weighted by Crippen LogP contribution is -2.36. The van der Waals surface area contributed by atoms with Gasteiger partial charge in [0.15, 0.2) is 11.6 Å². The lowest BCUT2D eigenvalue weighted by Gasteiger charge is -2.29. The third-order valence-corrected chi connectivity index (χ3v) is 5.85. The predicted molar refractivity (Wildman–Crippen MR) is 136 cm³/mol. The second kappa shape index (κ2) is 10.7. The van der Waals surface area contributed by atoms with E-state index in [9.17, 15) is 8.42 Å². The third-order valence-electron chi connectivity index (χ3n) is 5.26. The van der Waals surface area contributed by atoms with Crippen molar-refractivity contribution in [3.8, 4) is 11.5 Å². The standard InChI is InChI=1S/C23H28N6O5S/c1-32-20-14-16(29-10-12-34-13-11-29)8-9-19(20)26-23-24-15-21(33-2)22(27-23)25-17-6-4-5-7-18(17)28-35(3,30)31/h4-9,14-15,28H,10-13H2,1-3H3,(H2,24,25,26,27). The number of benzene rings is 2. The van der Waals surface area contributed by atoms with Crippen molar-refractivity contribution in [2.24, 2.45) is 0 Å². The average molecular weight is 501 g/mol. The molecule has 1 aromatic heterocycles. The van der Waals surface area contributed by atoms with E-state index in [4.69, 9.17) is 14.2 Å². The molecule has 0 spiro atoms. The molecule has 1 aliphatic heterocycles. The number of aromatic nitrogens is 2. The third kappa shape index (κ3) is 6.22. The molecule has 0 radical (unpaired) electrons. The number of anilines is 6. The van der Waals surface area contributed by atoms with E-state index in [1.165, 1.54) is 13.3 Å². The van der Waals surface area contributed by atoms with Crippen LogP contribution < -0.4 is 29.7 Å². The van der Waals surface area contributed by atoms with E-state index in [1.54, 1.807) is 31.4 Å². The first-order valence-electron chi connectivity index (χ1n) is 10.9. The highest BCUT2D eigenvalue weighted by atomic mass is 32.2. The van der Waals surface area contributed by atoms with E-state index in [1.807, 2.05) is 18.2 Å². The molecule has 0 atom stereocenters. The molecule has 0 aliphatic carbocycles. The van der Waals surface area contributed by atoms with Gasteiger partial charge >= 0.3 is 0 Å². The van der Waals surface area contributed by atoms with Gasteiger partial charge in [0.2, 0.25) is 16.0 Å². The van der Waals surface area contributed by atoms with Gasteiger partial charge in [-0.3, -0.25) is 4.72 Å². The molecule has 2 heterocycles. The summed E-state index contributed by atoms with van der Waals surface area (Å²) in [6.07, 6.45) is 2.62. The maximum atomic E-state index is 11.8. The van der Waals surface area contributed by atoms with Crippen LogP contribution >= 0.6 is 0 Å². The van der Waals surface area contributed by atoms with Crippen molar-refractivity contribution in [2.75, 3.05) is 67.0 Å². The first-order valence-corrected chi connectivity index (χ1v) is 12.8.